The van der Waals surface area contributed by atoms with Gasteiger partial charge in [0, 0.05) is 6.20 Å². The van der Waals surface area contributed by atoms with Gasteiger partial charge in [0.25, 0.3) is 5.91 Å². The summed E-state index contributed by atoms with van der Waals surface area (Å²) in [4.78, 5) is 26.9. The van der Waals surface area contributed by atoms with Gasteiger partial charge in [-0.15, -0.1) is 0 Å². The Kier molecular flexibility index (Phi) is 5.00. The van der Waals surface area contributed by atoms with E-state index in [1.165, 1.54) is 0 Å². The fourth-order valence-electron chi connectivity index (χ4n) is 1.88. The number of amides is 1. The van der Waals surface area contributed by atoms with Crippen molar-refractivity contribution < 1.29 is 9.59 Å². The number of aldehydes is 1. The molecule has 2 aromatic rings. The van der Waals surface area contributed by atoms with Gasteiger partial charge in [-0.2, -0.15) is 0 Å². The number of pyridine rings is 1. The van der Waals surface area contributed by atoms with Gasteiger partial charge in [0.2, 0.25) is 0 Å². The zero-order valence-electron chi connectivity index (χ0n) is 11.0. The van der Waals surface area contributed by atoms with E-state index in [1.807, 2.05) is 30.3 Å². The van der Waals surface area contributed by atoms with E-state index in [9.17, 15) is 9.59 Å². The third kappa shape index (κ3) is 4.02. The molecule has 0 fully saturated rings. The maximum Gasteiger partial charge on any atom is 0.270 e. The smallest absolute Gasteiger partial charge is 0.270 e. The Labute approximate surface area is 117 Å². The van der Waals surface area contributed by atoms with Crippen molar-refractivity contribution in [2.45, 2.75) is 18.9 Å². The number of hydrogen-bond donors (Lipinski definition) is 1. The molecule has 0 spiro atoms. The molecule has 1 unspecified atom stereocenters. The molecule has 1 heterocycles. The first-order valence-electron chi connectivity index (χ1n) is 6.50. The summed E-state index contributed by atoms with van der Waals surface area (Å²) in [5, 5.41) is 2.68. The molecule has 0 bridgehead atoms. The number of nitrogens with one attached hydrogen (secondary N) is 1. The summed E-state index contributed by atoms with van der Waals surface area (Å²) in [5.41, 5.74) is 1.46. The normalized spacial score (nSPS) is 11.6. The quantitative estimate of drug-likeness (QED) is 0.815. The number of aryl methyl sites for hydroxylation is 1. The van der Waals surface area contributed by atoms with Crippen LogP contribution in [0.25, 0.3) is 0 Å². The zero-order valence-corrected chi connectivity index (χ0v) is 11.0. The fourth-order valence-corrected chi connectivity index (χ4v) is 1.88. The number of hydrogen-bond acceptors (Lipinski definition) is 3. The van der Waals surface area contributed by atoms with Crippen molar-refractivity contribution in [3.05, 3.63) is 66.0 Å². The Hall–Kier alpha value is -2.49. The Morgan fingerprint density at radius 1 is 1.15 bits per heavy atom. The molecule has 2 rings (SSSR count). The number of rotatable bonds is 6. The third-order valence-electron chi connectivity index (χ3n) is 2.97. The van der Waals surface area contributed by atoms with Crippen LogP contribution < -0.4 is 5.32 Å². The van der Waals surface area contributed by atoms with Crippen LogP contribution in [0.4, 0.5) is 0 Å². The molecule has 1 amide bonds. The minimum atomic E-state index is -0.496. The highest BCUT2D eigenvalue weighted by Crippen LogP contribution is 2.05. The van der Waals surface area contributed by atoms with E-state index in [1.54, 1.807) is 24.4 Å². The van der Waals surface area contributed by atoms with E-state index >= 15 is 0 Å². The Morgan fingerprint density at radius 3 is 2.55 bits per heavy atom. The van der Waals surface area contributed by atoms with Gasteiger partial charge in [-0.05, 0) is 30.5 Å². The maximum atomic E-state index is 11.9. The molecular formula is C16H16N2O2. The highest BCUT2D eigenvalue weighted by molar-refractivity contribution is 5.93. The van der Waals surface area contributed by atoms with Gasteiger partial charge in [-0.1, -0.05) is 36.4 Å². The van der Waals surface area contributed by atoms with E-state index in [-0.39, 0.29) is 5.91 Å². The van der Waals surface area contributed by atoms with E-state index < -0.39 is 6.04 Å². The van der Waals surface area contributed by atoms with E-state index in [0.717, 1.165) is 18.3 Å². The summed E-state index contributed by atoms with van der Waals surface area (Å²) in [6.45, 7) is 0. The summed E-state index contributed by atoms with van der Waals surface area (Å²) in [5.74, 6) is -0.323. The van der Waals surface area contributed by atoms with Gasteiger partial charge < -0.3 is 10.1 Å². The molecule has 0 aliphatic heterocycles. The van der Waals surface area contributed by atoms with Crippen LogP contribution in [0.2, 0.25) is 0 Å². The molecular weight excluding hydrogens is 252 g/mol. The van der Waals surface area contributed by atoms with Crippen molar-refractivity contribution in [3.63, 3.8) is 0 Å². The van der Waals surface area contributed by atoms with Gasteiger partial charge in [0.15, 0.2) is 0 Å². The molecule has 1 atom stereocenters. The number of carbonyl (C=O) groups is 2. The Bertz CT molecular complexity index is 555. The lowest BCUT2D eigenvalue weighted by atomic mass is 10.1. The monoisotopic (exact) mass is 268 g/mol. The first-order valence-corrected chi connectivity index (χ1v) is 6.50. The molecule has 4 heteroatoms. The van der Waals surface area contributed by atoms with Crippen molar-refractivity contribution in [2.75, 3.05) is 0 Å². The minimum Gasteiger partial charge on any atom is -0.341 e. The van der Waals surface area contributed by atoms with Crippen LogP contribution in [0.3, 0.4) is 0 Å². The van der Waals surface area contributed by atoms with Crippen LogP contribution in [0.1, 0.15) is 22.5 Å². The summed E-state index contributed by atoms with van der Waals surface area (Å²) >= 11 is 0. The fraction of sp³-hybridized carbons (Fsp3) is 0.188. The van der Waals surface area contributed by atoms with Crippen LogP contribution in [-0.2, 0) is 11.2 Å². The highest BCUT2D eigenvalue weighted by Gasteiger charge is 2.13. The molecule has 1 N–H and O–H groups in total. The van der Waals surface area contributed by atoms with Crippen LogP contribution in [0.15, 0.2) is 54.7 Å². The van der Waals surface area contributed by atoms with Gasteiger partial charge in [0.05, 0.1) is 6.04 Å². The lowest BCUT2D eigenvalue weighted by Crippen LogP contribution is -2.36. The largest absolute Gasteiger partial charge is 0.341 e. The number of aromatic nitrogens is 1. The molecule has 4 nitrogen and oxygen atoms in total. The summed E-state index contributed by atoms with van der Waals surface area (Å²) in [7, 11) is 0. The molecule has 1 aromatic heterocycles. The van der Waals surface area contributed by atoms with Gasteiger partial charge in [-0.25, -0.2) is 0 Å². The average molecular weight is 268 g/mol. The summed E-state index contributed by atoms with van der Waals surface area (Å²) in [6, 6.07) is 14.5. The third-order valence-corrected chi connectivity index (χ3v) is 2.97. The molecule has 0 saturated carbocycles. The lowest BCUT2D eigenvalue weighted by molar-refractivity contribution is -0.109. The first-order chi connectivity index (χ1) is 9.79. The molecule has 0 aliphatic carbocycles. The second-order valence-corrected chi connectivity index (χ2v) is 4.46. The predicted molar refractivity (Wildman–Crippen MR) is 76.3 cm³/mol. The molecule has 0 radical (unpaired) electrons. The molecule has 1 aromatic carbocycles. The SMILES string of the molecule is O=CC(CCc1ccccc1)NC(=O)c1ccccn1. The Balaban J connectivity index is 1.89. The van der Waals surface area contributed by atoms with Crippen LogP contribution in [0.5, 0.6) is 0 Å². The number of benzene rings is 1. The van der Waals surface area contributed by atoms with Crippen LogP contribution >= 0.6 is 0 Å². The number of nitrogens with zero attached hydrogens (tertiary/aromatic N) is 1. The zero-order chi connectivity index (χ0) is 14.2. The van der Waals surface area contributed by atoms with Gasteiger partial charge in [0.1, 0.15) is 12.0 Å². The minimum absolute atomic E-state index is 0.319. The number of carbonyl (C=O) groups excluding carboxylic acids is 2. The second kappa shape index (κ2) is 7.19. The average Bonchev–Trinajstić information content (AvgIpc) is 2.53. The lowest BCUT2D eigenvalue weighted by Gasteiger charge is -2.12. The first kappa shape index (κ1) is 13.9. The van der Waals surface area contributed by atoms with E-state index in [2.05, 4.69) is 10.3 Å². The topological polar surface area (TPSA) is 59.1 Å². The molecule has 0 saturated heterocycles. The molecule has 20 heavy (non-hydrogen) atoms. The van der Waals surface area contributed by atoms with Crippen molar-refractivity contribution >= 4 is 12.2 Å². The predicted octanol–water partition coefficient (Wildman–Crippen LogP) is 2.01. The standard InChI is InChI=1S/C16H16N2O2/c19-12-14(10-9-13-6-2-1-3-7-13)18-16(20)15-8-4-5-11-17-15/h1-8,11-12,14H,9-10H2,(H,18,20). The van der Waals surface area contributed by atoms with E-state index in [0.29, 0.717) is 12.1 Å². The van der Waals surface area contributed by atoms with Crippen molar-refractivity contribution in [1.82, 2.24) is 10.3 Å². The van der Waals surface area contributed by atoms with Crippen LogP contribution in [-0.4, -0.2) is 23.2 Å². The van der Waals surface area contributed by atoms with Gasteiger partial charge in [-0.3, -0.25) is 9.78 Å². The highest BCUT2D eigenvalue weighted by atomic mass is 16.2. The van der Waals surface area contributed by atoms with Crippen molar-refractivity contribution in [3.8, 4) is 0 Å². The summed E-state index contributed by atoms with van der Waals surface area (Å²) < 4.78 is 0. The van der Waals surface area contributed by atoms with Crippen molar-refractivity contribution in [1.29, 1.82) is 0 Å². The Morgan fingerprint density at radius 2 is 1.90 bits per heavy atom. The van der Waals surface area contributed by atoms with E-state index in [4.69, 9.17) is 0 Å². The van der Waals surface area contributed by atoms with Crippen LogP contribution in [0, 0.1) is 0 Å². The van der Waals surface area contributed by atoms with Gasteiger partial charge >= 0.3 is 0 Å². The summed E-state index contributed by atoms with van der Waals surface area (Å²) in [6.07, 6.45) is 3.64. The van der Waals surface area contributed by atoms with Crippen molar-refractivity contribution in [2.24, 2.45) is 0 Å². The maximum absolute atomic E-state index is 11.9. The molecule has 102 valence electrons. The molecule has 0 aliphatic rings. The second-order valence-electron chi connectivity index (χ2n) is 4.46.